The van der Waals surface area contributed by atoms with Crippen LogP contribution in [0.1, 0.15) is 5.56 Å². The topological polar surface area (TPSA) is 47.6 Å². The first kappa shape index (κ1) is 12.1. The van der Waals surface area contributed by atoms with Gasteiger partial charge in [-0.1, -0.05) is 30.3 Å². The molecule has 92 valence electrons. The van der Waals surface area contributed by atoms with E-state index in [2.05, 4.69) is 17.4 Å². The molecule has 0 unspecified atom stereocenters. The van der Waals surface area contributed by atoms with E-state index in [1.165, 1.54) is 12.7 Å². The van der Waals surface area contributed by atoms with Gasteiger partial charge in [-0.25, -0.2) is 0 Å². The van der Waals surface area contributed by atoms with E-state index in [0.29, 0.717) is 19.8 Å². The fourth-order valence-corrected chi connectivity index (χ4v) is 1.90. The van der Waals surface area contributed by atoms with Gasteiger partial charge in [0, 0.05) is 13.1 Å². The fraction of sp³-hybridized carbons (Fsp3) is 0.462. The summed E-state index contributed by atoms with van der Waals surface area (Å²) in [6, 6.07) is 10.1. The molecule has 2 rings (SSSR count). The van der Waals surface area contributed by atoms with Crippen LogP contribution in [0.3, 0.4) is 0 Å². The zero-order valence-corrected chi connectivity index (χ0v) is 9.94. The van der Waals surface area contributed by atoms with E-state index in [4.69, 9.17) is 9.47 Å². The predicted molar refractivity (Wildman–Crippen MR) is 63.4 cm³/mol. The summed E-state index contributed by atoms with van der Waals surface area (Å²) in [5.74, 6) is -0.190. The van der Waals surface area contributed by atoms with Crippen molar-refractivity contribution in [1.82, 2.24) is 5.32 Å². The Balaban J connectivity index is 1.83. The number of methoxy groups -OCH3 is 1. The minimum atomic E-state index is -0.483. The number of ether oxygens (including phenoxy) is 2. The minimum Gasteiger partial charge on any atom is -0.468 e. The molecule has 0 aliphatic carbocycles. The van der Waals surface area contributed by atoms with E-state index in [1.807, 2.05) is 18.2 Å². The third-order valence-electron chi connectivity index (χ3n) is 3.01. The molecule has 17 heavy (non-hydrogen) atoms. The van der Waals surface area contributed by atoms with Gasteiger partial charge in [-0.2, -0.15) is 0 Å². The van der Waals surface area contributed by atoms with Crippen molar-refractivity contribution in [2.24, 2.45) is 5.41 Å². The van der Waals surface area contributed by atoms with Gasteiger partial charge in [-0.15, -0.1) is 0 Å². The van der Waals surface area contributed by atoms with E-state index >= 15 is 0 Å². The number of esters is 1. The summed E-state index contributed by atoms with van der Waals surface area (Å²) in [6.07, 6.45) is 0. The second kappa shape index (κ2) is 5.29. The molecule has 1 aromatic carbocycles. The number of rotatable bonds is 5. The Kier molecular flexibility index (Phi) is 3.76. The number of hydrogen-bond donors (Lipinski definition) is 1. The lowest BCUT2D eigenvalue weighted by molar-refractivity contribution is -0.182. The van der Waals surface area contributed by atoms with Crippen LogP contribution in [0.4, 0.5) is 0 Å². The van der Waals surface area contributed by atoms with Crippen molar-refractivity contribution in [3.8, 4) is 0 Å². The van der Waals surface area contributed by atoms with Crippen LogP contribution in [0.5, 0.6) is 0 Å². The highest BCUT2D eigenvalue weighted by Crippen LogP contribution is 2.28. The zero-order valence-electron chi connectivity index (χ0n) is 9.94. The number of benzene rings is 1. The monoisotopic (exact) mass is 235 g/mol. The Bertz CT molecular complexity index is 374. The summed E-state index contributed by atoms with van der Waals surface area (Å²) in [4.78, 5) is 11.6. The molecule has 0 aromatic heterocycles. The van der Waals surface area contributed by atoms with Crippen molar-refractivity contribution in [3.05, 3.63) is 35.9 Å². The van der Waals surface area contributed by atoms with Gasteiger partial charge in [-0.05, 0) is 5.56 Å². The molecule has 0 spiro atoms. The lowest BCUT2D eigenvalue weighted by Crippen LogP contribution is -2.55. The van der Waals surface area contributed by atoms with Crippen molar-refractivity contribution in [1.29, 1.82) is 0 Å². The summed E-state index contributed by atoms with van der Waals surface area (Å²) in [7, 11) is 1.42. The van der Waals surface area contributed by atoms with Crippen molar-refractivity contribution in [3.63, 3.8) is 0 Å². The molecule has 4 nitrogen and oxygen atoms in total. The maximum Gasteiger partial charge on any atom is 0.317 e. The van der Waals surface area contributed by atoms with Crippen LogP contribution in [0, 0.1) is 5.41 Å². The van der Waals surface area contributed by atoms with E-state index in [9.17, 15) is 4.79 Å². The normalized spacial score (nSPS) is 17.2. The fourth-order valence-electron chi connectivity index (χ4n) is 1.90. The maximum absolute atomic E-state index is 11.6. The number of nitrogens with one attached hydrogen (secondary N) is 1. The van der Waals surface area contributed by atoms with Crippen LogP contribution in [-0.4, -0.2) is 32.8 Å². The predicted octanol–water partition coefficient (Wildman–Crippen LogP) is 0.966. The average molecular weight is 235 g/mol. The van der Waals surface area contributed by atoms with Gasteiger partial charge in [0.1, 0.15) is 5.41 Å². The molecular formula is C13H17NO3. The number of hydrogen-bond acceptors (Lipinski definition) is 4. The molecule has 0 amide bonds. The van der Waals surface area contributed by atoms with Crippen LogP contribution < -0.4 is 5.32 Å². The molecule has 1 aromatic rings. The molecular weight excluding hydrogens is 218 g/mol. The van der Waals surface area contributed by atoms with Gasteiger partial charge in [0.05, 0.1) is 20.3 Å². The van der Waals surface area contributed by atoms with Crippen LogP contribution >= 0.6 is 0 Å². The molecule has 0 atom stereocenters. The first-order chi connectivity index (χ1) is 8.27. The van der Waals surface area contributed by atoms with Crippen molar-refractivity contribution in [2.45, 2.75) is 6.54 Å². The van der Waals surface area contributed by atoms with E-state index in [0.717, 1.165) is 6.54 Å². The average Bonchev–Trinajstić information content (AvgIpc) is 2.33. The van der Waals surface area contributed by atoms with Gasteiger partial charge in [-0.3, -0.25) is 4.79 Å². The first-order valence-electron chi connectivity index (χ1n) is 5.68. The molecule has 4 heteroatoms. The van der Waals surface area contributed by atoms with E-state index < -0.39 is 5.41 Å². The quantitative estimate of drug-likeness (QED) is 0.772. The molecule has 0 bridgehead atoms. The van der Waals surface area contributed by atoms with Gasteiger partial charge < -0.3 is 14.8 Å². The number of carbonyl (C=O) groups excluding carboxylic acids is 1. The van der Waals surface area contributed by atoms with Crippen LogP contribution in [0.15, 0.2) is 30.3 Å². The van der Waals surface area contributed by atoms with E-state index in [-0.39, 0.29) is 5.97 Å². The molecule has 1 aliphatic rings. The summed E-state index contributed by atoms with van der Waals surface area (Å²) in [5, 5.41) is 3.28. The van der Waals surface area contributed by atoms with Gasteiger partial charge in [0.15, 0.2) is 0 Å². The Morgan fingerprint density at radius 3 is 2.65 bits per heavy atom. The van der Waals surface area contributed by atoms with Gasteiger partial charge in [0.2, 0.25) is 0 Å². The molecule has 1 fully saturated rings. The minimum absolute atomic E-state index is 0.190. The lowest BCUT2D eigenvalue weighted by atomic mass is 9.86. The Labute approximate surface area is 101 Å². The van der Waals surface area contributed by atoms with Crippen LogP contribution in [-0.2, 0) is 20.8 Å². The SMILES string of the molecule is COC(=O)C1(CNCc2ccccc2)COC1. The molecule has 1 aliphatic heterocycles. The Morgan fingerprint density at radius 1 is 1.41 bits per heavy atom. The standard InChI is InChI=1S/C13H17NO3/c1-16-12(15)13(9-17-10-13)8-14-7-11-5-3-2-4-6-11/h2-6,14H,7-10H2,1H3. The van der Waals surface area contributed by atoms with Gasteiger partial charge in [0.25, 0.3) is 0 Å². The van der Waals surface area contributed by atoms with Crippen LogP contribution in [0.2, 0.25) is 0 Å². The Morgan fingerprint density at radius 2 is 2.12 bits per heavy atom. The second-order valence-corrected chi connectivity index (χ2v) is 4.35. The molecule has 1 N–H and O–H groups in total. The first-order valence-corrected chi connectivity index (χ1v) is 5.68. The third kappa shape index (κ3) is 2.65. The van der Waals surface area contributed by atoms with Crippen LogP contribution in [0.25, 0.3) is 0 Å². The van der Waals surface area contributed by atoms with Crippen molar-refractivity contribution < 1.29 is 14.3 Å². The zero-order chi connectivity index (χ0) is 12.1. The lowest BCUT2D eigenvalue weighted by Gasteiger charge is -2.38. The van der Waals surface area contributed by atoms with E-state index in [1.54, 1.807) is 0 Å². The highest BCUT2D eigenvalue weighted by Gasteiger charge is 2.46. The summed E-state index contributed by atoms with van der Waals surface area (Å²) in [5.41, 5.74) is 0.719. The van der Waals surface area contributed by atoms with Crippen molar-refractivity contribution in [2.75, 3.05) is 26.9 Å². The highest BCUT2D eigenvalue weighted by molar-refractivity contribution is 5.78. The second-order valence-electron chi connectivity index (χ2n) is 4.35. The number of carbonyl (C=O) groups is 1. The molecule has 1 saturated heterocycles. The summed E-state index contributed by atoms with van der Waals surface area (Å²) < 4.78 is 9.92. The van der Waals surface area contributed by atoms with Crippen molar-refractivity contribution >= 4 is 5.97 Å². The summed E-state index contributed by atoms with van der Waals surface area (Å²) in [6.45, 7) is 2.23. The maximum atomic E-state index is 11.6. The smallest absolute Gasteiger partial charge is 0.317 e. The molecule has 0 radical (unpaired) electrons. The third-order valence-corrected chi connectivity index (χ3v) is 3.01. The highest BCUT2D eigenvalue weighted by atomic mass is 16.5. The molecule has 0 saturated carbocycles. The Hall–Kier alpha value is -1.39. The van der Waals surface area contributed by atoms with Gasteiger partial charge >= 0.3 is 5.97 Å². The summed E-state index contributed by atoms with van der Waals surface area (Å²) >= 11 is 0. The largest absolute Gasteiger partial charge is 0.468 e. The molecule has 1 heterocycles.